The molecular weight excluding hydrogens is 464 g/mol. The van der Waals surface area contributed by atoms with Crippen LogP contribution in [0.2, 0.25) is 0 Å². The average molecular weight is 507 g/mol. The van der Waals surface area contributed by atoms with Crippen molar-refractivity contribution in [3.8, 4) is 5.75 Å². The first-order chi connectivity index (χ1) is 18.2. The Balaban J connectivity index is 1.17. The minimum Gasteiger partial charge on any atom is -0.493 e. The van der Waals surface area contributed by atoms with Gasteiger partial charge in [-0.1, -0.05) is 25.1 Å². The Bertz CT molecular complexity index is 998. The van der Waals surface area contributed by atoms with Crippen molar-refractivity contribution in [2.75, 3.05) is 44.9 Å². The van der Waals surface area contributed by atoms with Crippen LogP contribution < -0.4 is 15.0 Å². The van der Waals surface area contributed by atoms with E-state index in [4.69, 9.17) is 9.47 Å². The third-order valence-corrected chi connectivity index (χ3v) is 7.56. The normalized spacial score (nSPS) is 18.4. The molecule has 1 aliphatic heterocycles. The number of rotatable bonds is 12. The first-order valence-corrected chi connectivity index (χ1v) is 13.9. The van der Waals surface area contributed by atoms with E-state index in [0.29, 0.717) is 5.92 Å². The number of amides is 1. The van der Waals surface area contributed by atoms with Gasteiger partial charge < -0.3 is 19.7 Å². The van der Waals surface area contributed by atoms with Crippen LogP contribution >= 0.6 is 0 Å². The lowest BCUT2D eigenvalue weighted by atomic mass is 9.86. The molecule has 0 bridgehead atoms. The van der Waals surface area contributed by atoms with Crippen LogP contribution in [0.25, 0.3) is 5.57 Å². The topological polar surface area (TPSA) is 76.6 Å². The zero-order valence-electron chi connectivity index (χ0n) is 22.5. The van der Waals surface area contributed by atoms with Crippen molar-refractivity contribution in [2.24, 2.45) is 11.8 Å². The number of aryl methyl sites for hydroxylation is 1. The number of nitrogens with zero attached hydrogens (tertiary/aromatic N) is 3. The summed E-state index contributed by atoms with van der Waals surface area (Å²) in [5, 5.41) is 3.08. The Hall–Kier alpha value is -2.93. The quantitative estimate of drug-likeness (QED) is 0.406. The number of piperidine rings is 1. The number of allylic oxidation sites excluding steroid dienone is 2. The van der Waals surface area contributed by atoms with E-state index < -0.39 is 0 Å². The lowest BCUT2D eigenvalue weighted by Gasteiger charge is -2.31. The number of hydrogen-bond donors (Lipinski definition) is 1. The number of nitrogens with one attached hydrogen (secondary N) is 1. The summed E-state index contributed by atoms with van der Waals surface area (Å²) in [5.41, 5.74) is 3.74. The maximum absolute atomic E-state index is 12.4. The molecule has 1 fully saturated rings. The minimum absolute atomic E-state index is 0.0856. The molecule has 2 aliphatic rings. The molecule has 0 radical (unpaired) electrons. The van der Waals surface area contributed by atoms with E-state index >= 15 is 0 Å². The Morgan fingerprint density at radius 2 is 1.84 bits per heavy atom. The summed E-state index contributed by atoms with van der Waals surface area (Å²) in [4.78, 5) is 23.8. The lowest BCUT2D eigenvalue weighted by Crippen LogP contribution is -2.36. The van der Waals surface area contributed by atoms with E-state index in [9.17, 15) is 4.79 Å². The molecule has 1 atom stereocenters. The van der Waals surface area contributed by atoms with Gasteiger partial charge in [0.15, 0.2) is 0 Å². The first-order valence-electron chi connectivity index (χ1n) is 13.9. The maximum Gasteiger partial charge on any atom is 0.225 e. The molecule has 1 aliphatic carbocycles. The first kappa shape index (κ1) is 27.1. The molecule has 2 aromatic rings. The third kappa shape index (κ3) is 8.03. The van der Waals surface area contributed by atoms with E-state index in [1.54, 1.807) is 7.11 Å². The van der Waals surface area contributed by atoms with Crippen LogP contribution in [0.5, 0.6) is 5.75 Å². The van der Waals surface area contributed by atoms with Gasteiger partial charge in [0.1, 0.15) is 5.75 Å². The summed E-state index contributed by atoms with van der Waals surface area (Å²) in [6.07, 6.45) is 13.8. The molecule has 1 aromatic carbocycles. The number of carbonyl (C=O) groups excluding carboxylic acids is 1. The number of carbonyl (C=O) groups is 1. The smallest absolute Gasteiger partial charge is 0.225 e. The SMILES string of the molecule is CCc1cnc(N2CCC(COc3ccc(C4=CCC(C(=O)NCCCCOC)CC4)cc3)CC2)nc1. The van der Waals surface area contributed by atoms with E-state index in [-0.39, 0.29) is 11.8 Å². The molecule has 1 N–H and O–H groups in total. The molecule has 200 valence electrons. The summed E-state index contributed by atoms with van der Waals surface area (Å²) < 4.78 is 11.2. The fourth-order valence-electron chi connectivity index (χ4n) is 5.03. The fourth-order valence-corrected chi connectivity index (χ4v) is 5.03. The highest BCUT2D eigenvalue weighted by molar-refractivity contribution is 5.80. The van der Waals surface area contributed by atoms with Gasteiger partial charge in [0.05, 0.1) is 6.61 Å². The molecule has 37 heavy (non-hydrogen) atoms. The van der Waals surface area contributed by atoms with Crippen molar-refractivity contribution in [3.63, 3.8) is 0 Å². The molecule has 1 amide bonds. The van der Waals surface area contributed by atoms with E-state index in [0.717, 1.165) is 95.9 Å². The van der Waals surface area contributed by atoms with Gasteiger partial charge in [0, 0.05) is 51.7 Å². The highest BCUT2D eigenvalue weighted by atomic mass is 16.5. The number of ether oxygens (including phenoxy) is 2. The van der Waals surface area contributed by atoms with Crippen LogP contribution in [-0.2, 0) is 16.0 Å². The molecule has 0 spiro atoms. The van der Waals surface area contributed by atoms with Crippen molar-refractivity contribution in [1.82, 2.24) is 15.3 Å². The zero-order chi connectivity index (χ0) is 25.9. The highest BCUT2D eigenvalue weighted by Gasteiger charge is 2.23. The molecule has 1 saturated heterocycles. The predicted molar refractivity (Wildman–Crippen MR) is 148 cm³/mol. The van der Waals surface area contributed by atoms with E-state index in [2.05, 4.69) is 57.4 Å². The van der Waals surface area contributed by atoms with Crippen molar-refractivity contribution < 1.29 is 14.3 Å². The number of benzene rings is 1. The molecular formula is C30H42N4O3. The molecule has 2 heterocycles. The molecule has 7 nitrogen and oxygen atoms in total. The average Bonchev–Trinajstić information content (AvgIpc) is 2.96. The monoisotopic (exact) mass is 506 g/mol. The van der Waals surface area contributed by atoms with E-state index in [1.165, 1.54) is 16.7 Å². The van der Waals surface area contributed by atoms with Gasteiger partial charge in [0.25, 0.3) is 0 Å². The molecule has 0 saturated carbocycles. The number of anilines is 1. The largest absolute Gasteiger partial charge is 0.493 e. The Kier molecular flexibility index (Phi) is 10.4. The minimum atomic E-state index is 0.0856. The van der Waals surface area contributed by atoms with Crippen molar-refractivity contribution in [3.05, 3.63) is 53.9 Å². The van der Waals surface area contributed by atoms with Crippen molar-refractivity contribution >= 4 is 17.4 Å². The Morgan fingerprint density at radius 3 is 2.49 bits per heavy atom. The molecule has 1 unspecified atom stereocenters. The standard InChI is InChI=1S/C30H42N4O3/c1-3-23-20-32-30(33-21-23)34-17-14-24(15-18-34)22-37-28-12-10-26(11-13-28)25-6-8-27(9-7-25)29(35)31-16-4-5-19-36-2/h6,10-13,20-21,24,27H,3-5,7-9,14-19,22H2,1-2H3,(H,31,35). The number of unbranched alkanes of at least 4 members (excludes halogenated alkanes) is 1. The highest BCUT2D eigenvalue weighted by Crippen LogP contribution is 2.31. The fraction of sp³-hybridized carbons (Fsp3) is 0.567. The van der Waals surface area contributed by atoms with Crippen LogP contribution in [0.1, 0.15) is 63.0 Å². The summed E-state index contributed by atoms with van der Waals surface area (Å²) >= 11 is 0. The van der Waals surface area contributed by atoms with Gasteiger partial charge in [-0.2, -0.15) is 0 Å². The number of aromatic nitrogens is 2. The second-order valence-corrected chi connectivity index (χ2v) is 10.2. The van der Waals surface area contributed by atoms with E-state index in [1.807, 2.05) is 12.4 Å². The van der Waals surface area contributed by atoms with Gasteiger partial charge >= 0.3 is 0 Å². The van der Waals surface area contributed by atoms with Crippen molar-refractivity contribution in [1.29, 1.82) is 0 Å². The summed E-state index contributed by atoms with van der Waals surface area (Å²) in [7, 11) is 1.71. The number of methoxy groups -OCH3 is 1. The summed E-state index contributed by atoms with van der Waals surface area (Å²) in [6.45, 7) is 6.29. The number of hydrogen-bond acceptors (Lipinski definition) is 6. The van der Waals surface area contributed by atoms with Gasteiger partial charge in [-0.15, -0.1) is 0 Å². The van der Waals surface area contributed by atoms with Crippen molar-refractivity contribution in [2.45, 2.75) is 58.3 Å². The second-order valence-electron chi connectivity index (χ2n) is 10.2. The summed E-state index contributed by atoms with van der Waals surface area (Å²) in [5.74, 6) is 2.59. The third-order valence-electron chi connectivity index (χ3n) is 7.56. The van der Waals surface area contributed by atoms with Crippen LogP contribution in [0.3, 0.4) is 0 Å². The zero-order valence-corrected chi connectivity index (χ0v) is 22.5. The van der Waals surface area contributed by atoms with Crippen LogP contribution in [-0.4, -0.2) is 55.8 Å². The Labute approximate surface area is 221 Å². The van der Waals surface area contributed by atoms with Crippen LogP contribution in [0.15, 0.2) is 42.7 Å². The molecule has 4 rings (SSSR count). The molecule has 1 aromatic heterocycles. The van der Waals surface area contributed by atoms with Crippen LogP contribution in [0, 0.1) is 11.8 Å². The lowest BCUT2D eigenvalue weighted by molar-refractivity contribution is -0.125. The second kappa shape index (κ2) is 14.1. The molecule has 7 heteroatoms. The van der Waals surface area contributed by atoms with Crippen LogP contribution in [0.4, 0.5) is 5.95 Å². The summed E-state index contributed by atoms with van der Waals surface area (Å²) in [6, 6.07) is 8.45. The van der Waals surface area contributed by atoms with Gasteiger partial charge in [-0.3, -0.25) is 4.79 Å². The van der Waals surface area contributed by atoms with Gasteiger partial charge in [-0.25, -0.2) is 9.97 Å². The predicted octanol–water partition coefficient (Wildman–Crippen LogP) is 5.06. The maximum atomic E-state index is 12.4. The van der Waals surface area contributed by atoms with Gasteiger partial charge in [0.2, 0.25) is 11.9 Å². The van der Waals surface area contributed by atoms with Gasteiger partial charge in [-0.05, 0) is 86.1 Å². The Morgan fingerprint density at radius 1 is 1.08 bits per heavy atom.